The van der Waals surface area contributed by atoms with Crippen molar-refractivity contribution in [3.05, 3.63) is 35.9 Å². The number of rotatable bonds is 9. The van der Waals surface area contributed by atoms with Crippen molar-refractivity contribution in [2.24, 2.45) is 0 Å². The number of ether oxygens (including phenoxy) is 1. The van der Waals surface area contributed by atoms with E-state index >= 15 is 0 Å². The summed E-state index contributed by atoms with van der Waals surface area (Å²) < 4.78 is 5.21. The van der Waals surface area contributed by atoms with Crippen molar-refractivity contribution in [2.75, 3.05) is 20.3 Å². The van der Waals surface area contributed by atoms with Gasteiger partial charge in [-0.3, -0.25) is 4.79 Å². The maximum absolute atomic E-state index is 11.6. The topological polar surface area (TPSA) is 58.6 Å². The summed E-state index contributed by atoms with van der Waals surface area (Å²) in [5, 5.41) is 11.5. The highest BCUT2D eigenvalue weighted by molar-refractivity contribution is 5.92. The van der Waals surface area contributed by atoms with Gasteiger partial charge < -0.3 is 15.2 Å². The van der Waals surface area contributed by atoms with Gasteiger partial charge in [-0.05, 0) is 25.0 Å². The van der Waals surface area contributed by atoms with Crippen LogP contribution in [0.1, 0.15) is 31.2 Å². The van der Waals surface area contributed by atoms with Crippen molar-refractivity contribution in [1.29, 1.82) is 0 Å². The molecule has 0 bridgehead atoms. The van der Waals surface area contributed by atoms with Crippen molar-refractivity contribution in [2.45, 2.75) is 25.7 Å². The standard InChI is InChI=1S/C16H23NO3/c1-20-15-9-5-4-8-14(15)10-11-16(19)17-12-6-2-3-7-13-18/h4-5,8-11,18H,2-3,6-7,12-13H2,1H3,(H,17,19)/b11-10+. The molecule has 0 aliphatic rings. The van der Waals surface area contributed by atoms with Crippen molar-refractivity contribution in [1.82, 2.24) is 5.32 Å². The van der Waals surface area contributed by atoms with E-state index in [-0.39, 0.29) is 12.5 Å². The van der Waals surface area contributed by atoms with Gasteiger partial charge in [0.2, 0.25) is 5.91 Å². The molecule has 0 spiro atoms. The monoisotopic (exact) mass is 277 g/mol. The number of benzene rings is 1. The first-order valence-corrected chi connectivity index (χ1v) is 6.97. The first kappa shape index (κ1) is 16.2. The number of unbranched alkanes of at least 4 members (excludes halogenated alkanes) is 3. The minimum absolute atomic E-state index is 0.0990. The second-order valence-corrected chi connectivity index (χ2v) is 4.50. The Bertz CT molecular complexity index is 429. The summed E-state index contributed by atoms with van der Waals surface area (Å²) in [6.07, 6.45) is 7.07. The number of aliphatic hydroxyl groups is 1. The number of hydrogen-bond donors (Lipinski definition) is 2. The summed E-state index contributed by atoms with van der Waals surface area (Å²) in [6, 6.07) is 7.56. The Hall–Kier alpha value is -1.81. The number of aliphatic hydroxyl groups excluding tert-OH is 1. The fourth-order valence-corrected chi connectivity index (χ4v) is 1.83. The number of amides is 1. The Morgan fingerprint density at radius 1 is 1.25 bits per heavy atom. The van der Waals surface area contributed by atoms with E-state index < -0.39 is 0 Å². The minimum Gasteiger partial charge on any atom is -0.496 e. The Balaban J connectivity index is 2.29. The van der Waals surface area contributed by atoms with Crippen LogP contribution < -0.4 is 10.1 Å². The summed E-state index contributed by atoms with van der Waals surface area (Å²) >= 11 is 0. The lowest BCUT2D eigenvalue weighted by molar-refractivity contribution is -0.116. The van der Waals surface area contributed by atoms with Crippen LogP contribution in [-0.2, 0) is 4.79 Å². The van der Waals surface area contributed by atoms with Crippen LogP contribution in [0, 0.1) is 0 Å². The molecule has 2 N–H and O–H groups in total. The van der Waals surface area contributed by atoms with Gasteiger partial charge in [0, 0.05) is 24.8 Å². The molecule has 1 amide bonds. The third kappa shape index (κ3) is 6.38. The zero-order valence-corrected chi connectivity index (χ0v) is 12.0. The van der Waals surface area contributed by atoms with Crippen LogP contribution in [0.15, 0.2) is 30.3 Å². The molecule has 0 atom stereocenters. The Labute approximate surface area is 120 Å². The number of carbonyl (C=O) groups is 1. The lowest BCUT2D eigenvalue weighted by Crippen LogP contribution is -2.21. The molecule has 0 heterocycles. The van der Waals surface area contributed by atoms with E-state index in [1.165, 1.54) is 6.08 Å². The molecule has 4 nitrogen and oxygen atoms in total. The fourth-order valence-electron chi connectivity index (χ4n) is 1.83. The molecule has 1 aromatic rings. The predicted molar refractivity (Wildman–Crippen MR) is 80.6 cm³/mol. The molecule has 1 aromatic carbocycles. The molecule has 0 aliphatic heterocycles. The SMILES string of the molecule is COc1ccccc1/C=C/C(=O)NCCCCCCO. The summed E-state index contributed by atoms with van der Waals surface area (Å²) in [5.74, 6) is 0.651. The van der Waals surface area contributed by atoms with Gasteiger partial charge in [0.05, 0.1) is 7.11 Å². The maximum atomic E-state index is 11.6. The number of para-hydroxylation sites is 1. The van der Waals surface area contributed by atoms with Crippen LogP contribution in [0.3, 0.4) is 0 Å². The van der Waals surface area contributed by atoms with Crippen LogP contribution in [0.25, 0.3) is 6.08 Å². The van der Waals surface area contributed by atoms with Gasteiger partial charge in [0.25, 0.3) is 0 Å². The van der Waals surface area contributed by atoms with E-state index in [9.17, 15) is 4.79 Å². The van der Waals surface area contributed by atoms with Crippen molar-refractivity contribution >= 4 is 12.0 Å². The van der Waals surface area contributed by atoms with Gasteiger partial charge in [-0.1, -0.05) is 31.0 Å². The molecule has 0 aromatic heterocycles. The normalized spacial score (nSPS) is 10.7. The number of carbonyl (C=O) groups excluding carboxylic acids is 1. The molecule has 0 saturated carbocycles. The molecule has 20 heavy (non-hydrogen) atoms. The minimum atomic E-state index is -0.0990. The molecule has 110 valence electrons. The molecular formula is C16H23NO3. The van der Waals surface area contributed by atoms with Crippen LogP contribution >= 0.6 is 0 Å². The average molecular weight is 277 g/mol. The lowest BCUT2D eigenvalue weighted by Gasteiger charge is -2.04. The quantitative estimate of drug-likeness (QED) is 0.538. The first-order valence-electron chi connectivity index (χ1n) is 6.97. The fraction of sp³-hybridized carbons (Fsp3) is 0.438. The predicted octanol–water partition coefficient (Wildman–Crippen LogP) is 2.38. The molecule has 1 rings (SSSR count). The van der Waals surface area contributed by atoms with Crippen molar-refractivity contribution in [3.63, 3.8) is 0 Å². The second-order valence-electron chi connectivity index (χ2n) is 4.50. The van der Waals surface area contributed by atoms with E-state index in [2.05, 4.69) is 5.32 Å². The lowest BCUT2D eigenvalue weighted by atomic mass is 10.2. The number of methoxy groups -OCH3 is 1. The van der Waals surface area contributed by atoms with Gasteiger partial charge in [-0.2, -0.15) is 0 Å². The third-order valence-corrected chi connectivity index (χ3v) is 2.94. The summed E-state index contributed by atoms with van der Waals surface area (Å²) in [4.78, 5) is 11.6. The number of nitrogens with one attached hydrogen (secondary N) is 1. The Morgan fingerprint density at radius 3 is 2.75 bits per heavy atom. The molecular weight excluding hydrogens is 254 g/mol. The first-order chi connectivity index (χ1) is 9.77. The zero-order chi connectivity index (χ0) is 14.6. The van der Waals surface area contributed by atoms with Crippen LogP contribution in [0.2, 0.25) is 0 Å². The molecule has 0 fully saturated rings. The summed E-state index contributed by atoms with van der Waals surface area (Å²) in [6.45, 7) is 0.911. The largest absolute Gasteiger partial charge is 0.496 e. The van der Waals surface area contributed by atoms with E-state index in [0.717, 1.165) is 37.0 Å². The maximum Gasteiger partial charge on any atom is 0.244 e. The highest BCUT2D eigenvalue weighted by Gasteiger charge is 1.99. The van der Waals surface area contributed by atoms with E-state index in [4.69, 9.17) is 9.84 Å². The van der Waals surface area contributed by atoms with Gasteiger partial charge in [-0.15, -0.1) is 0 Å². The second kappa shape index (κ2) is 10.0. The van der Waals surface area contributed by atoms with Crippen LogP contribution in [0.5, 0.6) is 5.75 Å². The van der Waals surface area contributed by atoms with Gasteiger partial charge in [-0.25, -0.2) is 0 Å². The van der Waals surface area contributed by atoms with E-state index in [0.29, 0.717) is 6.54 Å². The molecule has 0 aliphatic carbocycles. The zero-order valence-electron chi connectivity index (χ0n) is 12.0. The average Bonchev–Trinajstić information content (AvgIpc) is 2.49. The van der Waals surface area contributed by atoms with Crippen LogP contribution in [0.4, 0.5) is 0 Å². The molecule has 0 radical (unpaired) electrons. The Kier molecular flexibility index (Phi) is 8.15. The highest BCUT2D eigenvalue weighted by atomic mass is 16.5. The highest BCUT2D eigenvalue weighted by Crippen LogP contribution is 2.18. The molecule has 0 unspecified atom stereocenters. The van der Waals surface area contributed by atoms with Gasteiger partial charge >= 0.3 is 0 Å². The molecule has 4 heteroatoms. The van der Waals surface area contributed by atoms with Gasteiger partial charge in [0.15, 0.2) is 0 Å². The van der Waals surface area contributed by atoms with Gasteiger partial charge in [0.1, 0.15) is 5.75 Å². The number of hydrogen-bond acceptors (Lipinski definition) is 3. The van der Waals surface area contributed by atoms with Crippen LogP contribution in [-0.4, -0.2) is 31.3 Å². The Morgan fingerprint density at radius 2 is 2.00 bits per heavy atom. The van der Waals surface area contributed by atoms with Crippen molar-refractivity contribution in [3.8, 4) is 5.75 Å². The summed E-state index contributed by atoms with van der Waals surface area (Å²) in [7, 11) is 1.61. The third-order valence-electron chi connectivity index (χ3n) is 2.94. The van der Waals surface area contributed by atoms with Crippen molar-refractivity contribution < 1.29 is 14.6 Å². The smallest absolute Gasteiger partial charge is 0.244 e. The summed E-state index contributed by atoms with van der Waals surface area (Å²) in [5.41, 5.74) is 0.882. The van der Waals surface area contributed by atoms with E-state index in [1.807, 2.05) is 24.3 Å². The molecule has 0 saturated heterocycles. The van der Waals surface area contributed by atoms with E-state index in [1.54, 1.807) is 13.2 Å².